The molecule has 0 saturated carbocycles. The minimum atomic E-state index is -2.93. The van der Waals surface area contributed by atoms with Gasteiger partial charge < -0.3 is 4.74 Å². The van der Waals surface area contributed by atoms with Gasteiger partial charge in [0.05, 0.1) is 18.7 Å². The van der Waals surface area contributed by atoms with Crippen LogP contribution in [0, 0.1) is 5.95 Å². The van der Waals surface area contributed by atoms with Gasteiger partial charge in [-0.25, -0.2) is 13.8 Å². The zero-order valence-corrected chi connectivity index (χ0v) is 9.60. The lowest BCUT2D eigenvalue weighted by atomic mass is 10.2. The number of carbonyl (C=O) groups excluding carboxylic acids is 1. The summed E-state index contributed by atoms with van der Waals surface area (Å²) >= 11 is 5.32. The Bertz CT molecular complexity index is 426. The summed E-state index contributed by atoms with van der Waals surface area (Å²) in [5, 5.41) is -0.729. The highest BCUT2D eigenvalue weighted by molar-refractivity contribution is 6.31. The number of esters is 1. The van der Waals surface area contributed by atoms with Gasteiger partial charge in [-0.2, -0.15) is 4.39 Å². The van der Waals surface area contributed by atoms with Gasteiger partial charge in [0.2, 0.25) is 5.95 Å². The van der Waals surface area contributed by atoms with Crippen molar-refractivity contribution in [2.75, 3.05) is 6.61 Å². The third-order valence-corrected chi connectivity index (χ3v) is 2.24. The molecule has 0 bridgehead atoms. The van der Waals surface area contributed by atoms with E-state index in [0.717, 1.165) is 6.07 Å². The topological polar surface area (TPSA) is 39.2 Å². The summed E-state index contributed by atoms with van der Waals surface area (Å²) in [4.78, 5) is 14.4. The maximum absolute atomic E-state index is 13.1. The van der Waals surface area contributed by atoms with E-state index in [2.05, 4.69) is 9.72 Å². The number of hydrogen-bond donors (Lipinski definition) is 0. The molecule has 0 radical (unpaired) electrons. The van der Waals surface area contributed by atoms with Gasteiger partial charge in [-0.1, -0.05) is 11.6 Å². The number of ether oxygens (including phenoxy) is 1. The Labute approximate surface area is 101 Å². The van der Waals surface area contributed by atoms with Gasteiger partial charge in [0.1, 0.15) is 5.02 Å². The number of pyridine rings is 1. The van der Waals surface area contributed by atoms with Crippen LogP contribution < -0.4 is 0 Å². The number of hydrogen-bond acceptors (Lipinski definition) is 3. The lowest BCUT2D eigenvalue weighted by Gasteiger charge is -2.07. The van der Waals surface area contributed by atoms with E-state index in [1.807, 2.05) is 0 Å². The molecule has 1 aromatic heterocycles. The normalized spacial score (nSPS) is 10.7. The van der Waals surface area contributed by atoms with Crippen LogP contribution in [0.4, 0.5) is 13.2 Å². The summed E-state index contributed by atoms with van der Waals surface area (Å²) in [6.45, 7) is 1.75. The third kappa shape index (κ3) is 3.59. The van der Waals surface area contributed by atoms with Gasteiger partial charge in [0.15, 0.2) is 0 Å². The molecule has 0 atom stereocenters. The molecule has 0 saturated heterocycles. The molecular weight excluding hydrogens is 259 g/mol. The van der Waals surface area contributed by atoms with Crippen molar-refractivity contribution in [1.82, 2.24) is 4.98 Å². The van der Waals surface area contributed by atoms with Crippen LogP contribution in [-0.4, -0.2) is 17.6 Å². The molecular formula is C10H9ClF3NO2. The Morgan fingerprint density at radius 1 is 1.59 bits per heavy atom. The number of alkyl halides is 2. The molecule has 3 nitrogen and oxygen atoms in total. The molecule has 17 heavy (non-hydrogen) atoms. The summed E-state index contributed by atoms with van der Waals surface area (Å²) in [6, 6.07) is 0.896. The predicted octanol–water partition coefficient (Wildman–Crippen LogP) is 2.92. The Hall–Kier alpha value is -1.30. The summed E-state index contributed by atoms with van der Waals surface area (Å²) in [6.07, 6.45) is -3.30. The lowest BCUT2D eigenvalue weighted by Crippen LogP contribution is -2.10. The van der Waals surface area contributed by atoms with Gasteiger partial charge in [-0.05, 0) is 13.0 Å². The Morgan fingerprint density at radius 3 is 2.76 bits per heavy atom. The molecule has 0 amide bonds. The molecule has 0 aromatic carbocycles. The average molecular weight is 268 g/mol. The second kappa shape index (κ2) is 5.86. The lowest BCUT2D eigenvalue weighted by molar-refractivity contribution is -0.142. The van der Waals surface area contributed by atoms with E-state index in [1.54, 1.807) is 6.92 Å². The second-order valence-corrected chi connectivity index (χ2v) is 3.47. The standard InChI is InChI=1S/C10H9ClF3NO2/c1-2-17-7(16)4-5-3-6(9(12)13)8(11)10(14)15-5/h3,9H,2,4H2,1H3. The van der Waals surface area contributed by atoms with Crippen LogP contribution in [0.15, 0.2) is 6.07 Å². The van der Waals surface area contributed by atoms with Crippen molar-refractivity contribution in [3.05, 3.63) is 28.3 Å². The van der Waals surface area contributed by atoms with Gasteiger partial charge in [0.25, 0.3) is 6.43 Å². The first-order valence-corrected chi connectivity index (χ1v) is 5.12. The summed E-state index contributed by atoms with van der Waals surface area (Å²) in [7, 11) is 0. The minimum Gasteiger partial charge on any atom is -0.466 e. The van der Waals surface area contributed by atoms with Gasteiger partial charge in [-0.3, -0.25) is 4.79 Å². The molecule has 0 aliphatic carbocycles. The molecule has 0 aliphatic rings. The summed E-state index contributed by atoms with van der Waals surface area (Å²) in [5.41, 5.74) is -0.820. The van der Waals surface area contributed by atoms with Crippen LogP contribution in [0.5, 0.6) is 0 Å². The van der Waals surface area contributed by atoms with Crippen molar-refractivity contribution in [3.8, 4) is 0 Å². The van der Waals surface area contributed by atoms with Gasteiger partial charge in [0, 0.05) is 5.56 Å². The fourth-order valence-corrected chi connectivity index (χ4v) is 1.36. The molecule has 0 unspecified atom stereocenters. The Morgan fingerprint density at radius 2 is 2.24 bits per heavy atom. The number of halogens is 4. The number of nitrogens with zero attached hydrogens (tertiary/aromatic N) is 1. The monoisotopic (exact) mass is 267 g/mol. The third-order valence-electron chi connectivity index (χ3n) is 1.86. The van der Waals surface area contributed by atoms with Gasteiger partial charge >= 0.3 is 5.97 Å². The maximum Gasteiger partial charge on any atom is 0.311 e. The van der Waals surface area contributed by atoms with Crippen LogP contribution in [0.1, 0.15) is 24.6 Å². The second-order valence-electron chi connectivity index (χ2n) is 3.09. The molecule has 7 heteroatoms. The molecule has 94 valence electrons. The number of aromatic nitrogens is 1. The van der Waals surface area contributed by atoms with Crippen molar-refractivity contribution in [3.63, 3.8) is 0 Å². The first kappa shape index (κ1) is 13.8. The van der Waals surface area contributed by atoms with E-state index in [4.69, 9.17) is 11.6 Å². The van der Waals surface area contributed by atoms with Crippen molar-refractivity contribution in [1.29, 1.82) is 0 Å². The zero-order valence-electron chi connectivity index (χ0n) is 8.84. The highest BCUT2D eigenvalue weighted by atomic mass is 35.5. The van der Waals surface area contributed by atoms with E-state index in [-0.39, 0.29) is 18.7 Å². The summed E-state index contributed by atoms with van der Waals surface area (Å²) < 4.78 is 42.7. The average Bonchev–Trinajstić information content (AvgIpc) is 2.23. The van der Waals surface area contributed by atoms with Gasteiger partial charge in [-0.15, -0.1) is 0 Å². The van der Waals surface area contributed by atoms with E-state index < -0.39 is 28.9 Å². The largest absolute Gasteiger partial charge is 0.466 e. The van der Waals surface area contributed by atoms with Crippen LogP contribution >= 0.6 is 11.6 Å². The first-order valence-electron chi connectivity index (χ1n) is 4.74. The minimum absolute atomic E-state index is 0.138. The smallest absolute Gasteiger partial charge is 0.311 e. The highest BCUT2D eigenvalue weighted by Crippen LogP contribution is 2.29. The van der Waals surface area contributed by atoms with Crippen molar-refractivity contribution in [2.45, 2.75) is 19.8 Å². The molecule has 0 aliphatic heterocycles. The fourth-order valence-electron chi connectivity index (χ4n) is 1.18. The quantitative estimate of drug-likeness (QED) is 0.622. The highest BCUT2D eigenvalue weighted by Gasteiger charge is 2.19. The van der Waals surface area contributed by atoms with E-state index in [1.165, 1.54) is 0 Å². The van der Waals surface area contributed by atoms with E-state index in [9.17, 15) is 18.0 Å². The Balaban J connectivity index is 2.98. The predicted molar refractivity (Wildman–Crippen MR) is 54.5 cm³/mol. The molecule has 0 N–H and O–H groups in total. The SMILES string of the molecule is CCOC(=O)Cc1cc(C(F)F)c(Cl)c(F)n1. The van der Waals surface area contributed by atoms with Crippen molar-refractivity contribution >= 4 is 17.6 Å². The van der Waals surface area contributed by atoms with Crippen LogP contribution in [0.3, 0.4) is 0 Å². The van der Waals surface area contributed by atoms with Crippen molar-refractivity contribution in [2.24, 2.45) is 0 Å². The van der Waals surface area contributed by atoms with Crippen LogP contribution in [0.25, 0.3) is 0 Å². The van der Waals surface area contributed by atoms with E-state index >= 15 is 0 Å². The fraction of sp³-hybridized carbons (Fsp3) is 0.400. The molecule has 1 heterocycles. The molecule has 0 fully saturated rings. The first-order chi connectivity index (χ1) is 7.95. The molecule has 1 aromatic rings. The maximum atomic E-state index is 13.1. The van der Waals surface area contributed by atoms with Crippen LogP contribution in [0.2, 0.25) is 5.02 Å². The van der Waals surface area contributed by atoms with E-state index in [0.29, 0.717) is 0 Å². The number of carbonyl (C=O) groups is 1. The number of rotatable bonds is 4. The van der Waals surface area contributed by atoms with Crippen LogP contribution in [-0.2, 0) is 16.0 Å². The Kier molecular flexibility index (Phi) is 4.74. The van der Waals surface area contributed by atoms with Crippen molar-refractivity contribution < 1.29 is 22.7 Å². The zero-order chi connectivity index (χ0) is 13.0. The molecule has 1 rings (SSSR count). The summed E-state index contributed by atoms with van der Waals surface area (Å²) in [5.74, 6) is -1.88. The molecule has 0 spiro atoms.